The fraction of sp³-hybridized carbons (Fsp3) is 0.333. The number of rotatable bonds is 5. The van der Waals surface area contributed by atoms with Crippen LogP contribution in [0.15, 0.2) is 47.4 Å². The lowest BCUT2D eigenvalue weighted by atomic mass is 9.98. The summed E-state index contributed by atoms with van der Waals surface area (Å²) in [5, 5.41) is 2.41. The molecule has 0 saturated carbocycles. The topological polar surface area (TPSA) is 46.2 Å². The quantitative estimate of drug-likeness (QED) is 0.833. The fourth-order valence-corrected chi connectivity index (χ4v) is 3.51. The predicted octanol–water partition coefficient (Wildman–Crippen LogP) is 3.54. The van der Waals surface area contributed by atoms with E-state index in [1.165, 1.54) is 0 Å². The summed E-state index contributed by atoms with van der Waals surface area (Å²) >= 11 is 3.40. The molecule has 1 N–H and O–H groups in total. The zero-order valence-electron chi connectivity index (χ0n) is 11.6. The molecular formula is C15H18BrNO2S. The number of fused-ring (bicyclic) bond motifs is 1. The van der Waals surface area contributed by atoms with Crippen molar-refractivity contribution in [3.05, 3.63) is 42.5 Å². The number of hydrogen-bond donors (Lipinski definition) is 1. The summed E-state index contributed by atoms with van der Waals surface area (Å²) in [6.45, 7) is 4.41. The van der Waals surface area contributed by atoms with Crippen molar-refractivity contribution in [2.45, 2.75) is 18.7 Å². The molecule has 0 aliphatic carbocycles. The molecule has 0 fully saturated rings. The molecule has 5 heteroatoms. The SMILES string of the molecule is CC(C)(CBr)CNS(=O)(=O)c1cccc2ccccc12. The van der Waals surface area contributed by atoms with Gasteiger partial charge in [-0.1, -0.05) is 66.2 Å². The van der Waals surface area contributed by atoms with Gasteiger partial charge in [0.2, 0.25) is 10.0 Å². The first-order chi connectivity index (χ1) is 9.36. The van der Waals surface area contributed by atoms with Gasteiger partial charge in [-0.3, -0.25) is 0 Å². The van der Waals surface area contributed by atoms with Gasteiger partial charge >= 0.3 is 0 Å². The summed E-state index contributed by atoms with van der Waals surface area (Å²) < 4.78 is 27.7. The van der Waals surface area contributed by atoms with Crippen LogP contribution in [0, 0.1) is 5.41 Å². The molecular weight excluding hydrogens is 338 g/mol. The van der Waals surface area contributed by atoms with Gasteiger partial charge in [-0.05, 0) is 16.9 Å². The van der Waals surface area contributed by atoms with Gasteiger partial charge in [-0.25, -0.2) is 13.1 Å². The molecule has 108 valence electrons. The van der Waals surface area contributed by atoms with E-state index >= 15 is 0 Å². The van der Waals surface area contributed by atoms with E-state index in [-0.39, 0.29) is 5.41 Å². The third kappa shape index (κ3) is 3.40. The van der Waals surface area contributed by atoms with Crippen LogP contribution in [0.3, 0.4) is 0 Å². The van der Waals surface area contributed by atoms with Crippen molar-refractivity contribution in [2.75, 3.05) is 11.9 Å². The molecule has 0 amide bonds. The molecule has 2 aromatic carbocycles. The van der Waals surface area contributed by atoms with Crippen molar-refractivity contribution in [1.82, 2.24) is 4.72 Å². The molecule has 0 bridgehead atoms. The number of alkyl halides is 1. The average molecular weight is 356 g/mol. The Morgan fingerprint density at radius 1 is 1.10 bits per heavy atom. The van der Waals surface area contributed by atoms with Gasteiger partial charge in [-0.2, -0.15) is 0 Å². The predicted molar refractivity (Wildman–Crippen MR) is 86.7 cm³/mol. The maximum Gasteiger partial charge on any atom is 0.241 e. The maximum absolute atomic E-state index is 12.5. The second-order valence-corrected chi connectivity index (χ2v) is 7.90. The lowest BCUT2D eigenvalue weighted by Crippen LogP contribution is -2.35. The Morgan fingerprint density at radius 3 is 2.45 bits per heavy atom. The third-order valence-corrected chi connectivity index (χ3v) is 6.12. The minimum absolute atomic E-state index is 0.127. The smallest absolute Gasteiger partial charge is 0.211 e. The van der Waals surface area contributed by atoms with E-state index in [4.69, 9.17) is 0 Å². The summed E-state index contributed by atoms with van der Waals surface area (Å²) in [7, 11) is -3.50. The zero-order chi connectivity index (χ0) is 14.8. The lowest BCUT2D eigenvalue weighted by molar-refractivity contribution is 0.420. The molecule has 3 nitrogen and oxygen atoms in total. The Morgan fingerprint density at radius 2 is 1.75 bits per heavy atom. The molecule has 2 rings (SSSR count). The van der Waals surface area contributed by atoms with Gasteiger partial charge in [0.1, 0.15) is 0 Å². The van der Waals surface area contributed by atoms with E-state index in [1.54, 1.807) is 12.1 Å². The zero-order valence-corrected chi connectivity index (χ0v) is 14.0. The van der Waals surface area contributed by atoms with Crippen LogP contribution in [0.1, 0.15) is 13.8 Å². The molecule has 0 aliphatic rings. The number of halogens is 1. The molecule has 0 saturated heterocycles. The monoisotopic (exact) mass is 355 g/mol. The molecule has 0 aliphatic heterocycles. The molecule has 20 heavy (non-hydrogen) atoms. The molecule has 0 atom stereocenters. The van der Waals surface area contributed by atoms with Gasteiger partial charge in [0.15, 0.2) is 0 Å². The molecule has 0 unspecified atom stereocenters. The second-order valence-electron chi connectivity index (χ2n) is 5.60. The van der Waals surface area contributed by atoms with Gasteiger partial charge in [0.25, 0.3) is 0 Å². The van der Waals surface area contributed by atoms with E-state index in [1.807, 2.05) is 44.2 Å². The first-order valence-corrected chi connectivity index (χ1v) is 9.00. The van der Waals surface area contributed by atoms with Crippen LogP contribution in [0.4, 0.5) is 0 Å². The van der Waals surface area contributed by atoms with Crippen LogP contribution in [-0.4, -0.2) is 20.3 Å². The van der Waals surface area contributed by atoms with Gasteiger partial charge in [-0.15, -0.1) is 0 Å². The van der Waals surface area contributed by atoms with Crippen molar-refractivity contribution < 1.29 is 8.42 Å². The lowest BCUT2D eigenvalue weighted by Gasteiger charge is -2.22. The molecule has 0 spiro atoms. The highest BCUT2D eigenvalue weighted by Crippen LogP contribution is 2.24. The van der Waals surface area contributed by atoms with E-state index < -0.39 is 10.0 Å². The van der Waals surface area contributed by atoms with Crippen molar-refractivity contribution in [2.24, 2.45) is 5.41 Å². The van der Waals surface area contributed by atoms with Crippen LogP contribution < -0.4 is 4.72 Å². The van der Waals surface area contributed by atoms with E-state index in [0.29, 0.717) is 11.4 Å². The van der Waals surface area contributed by atoms with Crippen LogP contribution in [0.25, 0.3) is 10.8 Å². The van der Waals surface area contributed by atoms with Gasteiger partial charge in [0.05, 0.1) is 4.90 Å². The molecule has 0 heterocycles. The fourth-order valence-electron chi connectivity index (χ4n) is 1.85. The Labute approximate surface area is 128 Å². The highest BCUT2D eigenvalue weighted by atomic mass is 79.9. The standard InChI is InChI=1S/C15H18BrNO2S/c1-15(2,10-16)11-17-20(18,19)14-9-5-7-12-6-3-4-8-13(12)14/h3-9,17H,10-11H2,1-2H3. The summed E-state index contributed by atoms with van der Waals surface area (Å²) in [6.07, 6.45) is 0. The molecule has 2 aromatic rings. The van der Waals surface area contributed by atoms with Crippen molar-refractivity contribution >= 4 is 36.7 Å². The van der Waals surface area contributed by atoms with Crippen molar-refractivity contribution in [1.29, 1.82) is 0 Å². The Balaban J connectivity index is 2.38. The largest absolute Gasteiger partial charge is 0.241 e. The summed E-state index contributed by atoms with van der Waals surface area (Å²) in [5.74, 6) is 0. The maximum atomic E-state index is 12.5. The van der Waals surface area contributed by atoms with Gasteiger partial charge in [0, 0.05) is 17.3 Å². The Bertz CT molecular complexity index is 705. The van der Waals surface area contributed by atoms with Crippen molar-refractivity contribution in [3.63, 3.8) is 0 Å². The number of sulfonamides is 1. The van der Waals surface area contributed by atoms with Crippen LogP contribution in [0.5, 0.6) is 0 Å². The third-order valence-electron chi connectivity index (χ3n) is 3.14. The second kappa shape index (κ2) is 5.84. The summed E-state index contributed by atoms with van der Waals surface area (Å²) in [5.41, 5.74) is -0.127. The van der Waals surface area contributed by atoms with Crippen LogP contribution in [-0.2, 0) is 10.0 Å². The van der Waals surface area contributed by atoms with Crippen LogP contribution in [0.2, 0.25) is 0 Å². The summed E-state index contributed by atoms with van der Waals surface area (Å²) in [4.78, 5) is 0.334. The van der Waals surface area contributed by atoms with Crippen molar-refractivity contribution in [3.8, 4) is 0 Å². The van der Waals surface area contributed by atoms with Crippen LogP contribution >= 0.6 is 15.9 Å². The Kier molecular flexibility index (Phi) is 4.52. The first kappa shape index (κ1) is 15.5. The van der Waals surface area contributed by atoms with E-state index in [2.05, 4.69) is 20.7 Å². The highest BCUT2D eigenvalue weighted by molar-refractivity contribution is 9.09. The first-order valence-electron chi connectivity index (χ1n) is 6.39. The number of hydrogen-bond acceptors (Lipinski definition) is 2. The molecule has 0 aromatic heterocycles. The minimum Gasteiger partial charge on any atom is -0.211 e. The normalized spacial score (nSPS) is 12.8. The van der Waals surface area contributed by atoms with Gasteiger partial charge < -0.3 is 0 Å². The Hall–Kier alpha value is -0.910. The minimum atomic E-state index is -3.50. The molecule has 0 radical (unpaired) electrons. The van der Waals surface area contributed by atoms with E-state index in [0.717, 1.165) is 16.1 Å². The summed E-state index contributed by atoms with van der Waals surface area (Å²) in [6, 6.07) is 12.8. The van der Waals surface area contributed by atoms with E-state index in [9.17, 15) is 8.42 Å². The highest BCUT2D eigenvalue weighted by Gasteiger charge is 2.22. The number of nitrogens with one attached hydrogen (secondary N) is 1. The average Bonchev–Trinajstić information content (AvgIpc) is 2.45. The number of benzene rings is 2.